The van der Waals surface area contributed by atoms with E-state index in [1.807, 2.05) is 0 Å². The number of hydrogen-bond donors (Lipinski definition) is 1. The van der Waals surface area contributed by atoms with E-state index in [4.69, 9.17) is 0 Å². The molecule has 0 radical (unpaired) electrons. The van der Waals surface area contributed by atoms with Gasteiger partial charge >= 0.3 is 0 Å². The molecule has 0 spiro atoms. The van der Waals surface area contributed by atoms with Crippen molar-refractivity contribution in [1.82, 2.24) is 5.32 Å². The number of aryl methyl sites for hydroxylation is 3. The highest BCUT2D eigenvalue weighted by Gasteiger charge is 2.09. The smallest absolute Gasteiger partial charge is 0.0320 e. The second kappa shape index (κ2) is 7.99. The van der Waals surface area contributed by atoms with Gasteiger partial charge in [-0.3, -0.25) is 0 Å². The topological polar surface area (TPSA) is 12.0 Å². The van der Waals surface area contributed by atoms with Gasteiger partial charge in [0, 0.05) is 6.04 Å². The minimum absolute atomic E-state index is 0.473. The Kier molecular flexibility index (Phi) is 6.01. The summed E-state index contributed by atoms with van der Waals surface area (Å²) in [5, 5.41) is 3.61. The van der Waals surface area contributed by atoms with Gasteiger partial charge in [0.1, 0.15) is 0 Å². The van der Waals surface area contributed by atoms with Crippen LogP contribution in [0.15, 0.2) is 48.5 Å². The maximum atomic E-state index is 3.61. The fourth-order valence-corrected chi connectivity index (χ4v) is 2.88. The first-order valence-corrected chi connectivity index (χ1v) is 8.05. The Bertz CT molecular complexity index is 545. The van der Waals surface area contributed by atoms with Crippen molar-refractivity contribution in [1.29, 1.82) is 0 Å². The first-order valence-electron chi connectivity index (χ1n) is 8.05. The summed E-state index contributed by atoms with van der Waals surface area (Å²) < 4.78 is 0. The molecule has 0 saturated heterocycles. The van der Waals surface area contributed by atoms with E-state index in [1.54, 1.807) is 0 Å². The molecule has 112 valence electrons. The standard InChI is InChI=1S/C20H27N/c1-4-21-20(18-9-6-5-7-10-18)12-8-11-19-15-16(2)13-14-17(19)3/h5-7,9-10,13-15,20-21H,4,8,11-12H2,1-3H3. The third kappa shape index (κ3) is 4.71. The molecule has 0 aliphatic heterocycles. The van der Waals surface area contributed by atoms with Gasteiger partial charge in [0.15, 0.2) is 0 Å². The van der Waals surface area contributed by atoms with Crippen LogP contribution in [0.1, 0.15) is 48.1 Å². The van der Waals surface area contributed by atoms with Gasteiger partial charge in [-0.1, -0.05) is 61.0 Å². The summed E-state index contributed by atoms with van der Waals surface area (Å²) in [5.74, 6) is 0. The van der Waals surface area contributed by atoms with Crippen molar-refractivity contribution >= 4 is 0 Å². The van der Waals surface area contributed by atoms with Gasteiger partial charge in [-0.2, -0.15) is 0 Å². The van der Waals surface area contributed by atoms with E-state index in [1.165, 1.54) is 41.5 Å². The molecule has 2 aromatic rings. The minimum atomic E-state index is 0.473. The summed E-state index contributed by atoms with van der Waals surface area (Å²) in [6.45, 7) is 7.59. The van der Waals surface area contributed by atoms with Crippen LogP contribution in [0.5, 0.6) is 0 Å². The molecule has 0 amide bonds. The van der Waals surface area contributed by atoms with E-state index in [2.05, 4.69) is 74.6 Å². The fourth-order valence-electron chi connectivity index (χ4n) is 2.88. The molecule has 2 rings (SSSR count). The molecular weight excluding hydrogens is 254 g/mol. The predicted molar refractivity (Wildman–Crippen MR) is 91.7 cm³/mol. The minimum Gasteiger partial charge on any atom is -0.310 e. The van der Waals surface area contributed by atoms with Crippen molar-refractivity contribution in [3.8, 4) is 0 Å². The third-order valence-corrected chi connectivity index (χ3v) is 4.10. The average Bonchev–Trinajstić information content (AvgIpc) is 2.51. The second-order valence-corrected chi connectivity index (χ2v) is 5.84. The molecule has 0 aliphatic rings. The molecule has 21 heavy (non-hydrogen) atoms. The van der Waals surface area contributed by atoms with Gasteiger partial charge in [0.05, 0.1) is 0 Å². The molecule has 0 aromatic heterocycles. The number of hydrogen-bond acceptors (Lipinski definition) is 1. The fraction of sp³-hybridized carbons (Fsp3) is 0.400. The summed E-state index contributed by atoms with van der Waals surface area (Å²) in [6.07, 6.45) is 3.57. The van der Waals surface area contributed by atoms with E-state index in [-0.39, 0.29) is 0 Å². The zero-order valence-corrected chi connectivity index (χ0v) is 13.5. The van der Waals surface area contributed by atoms with Crippen molar-refractivity contribution in [2.24, 2.45) is 0 Å². The zero-order chi connectivity index (χ0) is 15.1. The molecule has 0 bridgehead atoms. The van der Waals surface area contributed by atoms with E-state index < -0.39 is 0 Å². The molecule has 0 heterocycles. The van der Waals surface area contributed by atoms with Crippen molar-refractivity contribution in [3.05, 3.63) is 70.8 Å². The van der Waals surface area contributed by atoms with Gasteiger partial charge in [0.2, 0.25) is 0 Å². The van der Waals surface area contributed by atoms with Gasteiger partial charge < -0.3 is 5.32 Å². The van der Waals surface area contributed by atoms with Crippen LogP contribution in [0.3, 0.4) is 0 Å². The van der Waals surface area contributed by atoms with Crippen LogP contribution in [0.25, 0.3) is 0 Å². The molecule has 1 unspecified atom stereocenters. The van der Waals surface area contributed by atoms with Gasteiger partial charge in [-0.05, 0) is 56.3 Å². The summed E-state index contributed by atoms with van der Waals surface area (Å²) in [5.41, 5.74) is 5.68. The highest BCUT2D eigenvalue weighted by atomic mass is 14.9. The average molecular weight is 281 g/mol. The molecule has 1 nitrogen and oxygen atoms in total. The summed E-state index contributed by atoms with van der Waals surface area (Å²) in [6, 6.07) is 18.0. The van der Waals surface area contributed by atoms with Crippen LogP contribution in [-0.2, 0) is 6.42 Å². The monoisotopic (exact) mass is 281 g/mol. The Labute approximate surface area is 129 Å². The third-order valence-electron chi connectivity index (χ3n) is 4.10. The molecule has 0 saturated carbocycles. The molecule has 1 atom stereocenters. The van der Waals surface area contributed by atoms with Crippen LogP contribution in [0.4, 0.5) is 0 Å². The second-order valence-electron chi connectivity index (χ2n) is 5.84. The molecule has 1 N–H and O–H groups in total. The predicted octanol–water partition coefficient (Wildman–Crippen LogP) is 4.98. The molecule has 2 aromatic carbocycles. The Morgan fingerprint density at radius 2 is 1.76 bits per heavy atom. The SMILES string of the molecule is CCNC(CCCc1cc(C)ccc1C)c1ccccc1. The number of rotatable bonds is 7. The number of nitrogens with one attached hydrogen (secondary N) is 1. The van der Waals surface area contributed by atoms with Crippen LogP contribution < -0.4 is 5.32 Å². The molecule has 0 aliphatic carbocycles. The van der Waals surface area contributed by atoms with Crippen LogP contribution in [-0.4, -0.2) is 6.54 Å². The highest BCUT2D eigenvalue weighted by Crippen LogP contribution is 2.21. The normalized spacial score (nSPS) is 12.3. The van der Waals surface area contributed by atoms with E-state index in [9.17, 15) is 0 Å². The van der Waals surface area contributed by atoms with Crippen LogP contribution >= 0.6 is 0 Å². The number of benzene rings is 2. The van der Waals surface area contributed by atoms with Crippen molar-refractivity contribution < 1.29 is 0 Å². The lowest BCUT2D eigenvalue weighted by Crippen LogP contribution is -2.21. The molecular formula is C20H27N. The van der Waals surface area contributed by atoms with Gasteiger partial charge in [-0.15, -0.1) is 0 Å². The van der Waals surface area contributed by atoms with E-state index >= 15 is 0 Å². The zero-order valence-electron chi connectivity index (χ0n) is 13.5. The summed E-state index contributed by atoms with van der Waals surface area (Å²) in [4.78, 5) is 0. The molecule has 1 heteroatoms. The molecule has 0 fully saturated rings. The Hall–Kier alpha value is -1.60. The van der Waals surface area contributed by atoms with E-state index in [0.717, 1.165) is 6.54 Å². The Balaban J connectivity index is 1.95. The summed E-state index contributed by atoms with van der Waals surface area (Å²) >= 11 is 0. The van der Waals surface area contributed by atoms with Gasteiger partial charge in [-0.25, -0.2) is 0 Å². The van der Waals surface area contributed by atoms with Crippen LogP contribution in [0.2, 0.25) is 0 Å². The largest absolute Gasteiger partial charge is 0.310 e. The quantitative estimate of drug-likeness (QED) is 0.755. The van der Waals surface area contributed by atoms with Crippen molar-refractivity contribution in [3.63, 3.8) is 0 Å². The van der Waals surface area contributed by atoms with Crippen LogP contribution in [0, 0.1) is 13.8 Å². The lowest BCUT2D eigenvalue weighted by Gasteiger charge is -2.18. The summed E-state index contributed by atoms with van der Waals surface area (Å²) in [7, 11) is 0. The maximum Gasteiger partial charge on any atom is 0.0320 e. The van der Waals surface area contributed by atoms with Crippen molar-refractivity contribution in [2.75, 3.05) is 6.54 Å². The first-order chi connectivity index (χ1) is 10.2. The lowest BCUT2D eigenvalue weighted by atomic mass is 9.96. The lowest BCUT2D eigenvalue weighted by molar-refractivity contribution is 0.498. The Morgan fingerprint density at radius 3 is 2.48 bits per heavy atom. The van der Waals surface area contributed by atoms with Crippen molar-refractivity contribution in [2.45, 2.75) is 46.1 Å². The Morgan fingerprint density at radius 1 is 1.00 bits per heavy atom. The van der Waals surface area contributed by atoms with Gasteiger partial charge in [0.25, 0.3) is 0 Å². The first kappa shape index (κ1) is 15.8. The van der Waals surface area contributed by atoms with E-state index in [0.29, 0.717) is 6.04 Å². The maximum absolute atomic E-state index is 3.61. The highest BCUT2D eigenvalue weighted by molar-refractivity contribution is 5.30.